The normalized spacial score (nSPS) is 32.1. The van der Waals surface area contributed by atoms with Crippen molar-refractivity contribution in [3.63, 3.8) is 0 Å². The average molecular weight is 274 g/mol. The zero-order valence-electron chi connectivity index (χ0n) is 9.39. The van der Waals surface area contributed by atoms with Crippen LogP contribution in [0, 0.1) is 5.41 Å². The molecule has 2 atom stereocenters. The van der Waals surface area contributed by atoms with Crippen LogP contribution in [0.4, 0.5) is 0 Å². The molecule has 2 aliphatic rings. The van der Waals surface area contributed by atoms with E-state index in [1.54, 1.807) is 0 Å². The first-order valence-corrected chi connectivity index (χ1v) is 6.66. The second-order valence-corrected chi connectivity index (χ2v) is 5.84. The van der Waals surface area contributed by atoms with Gasteiger partial charge in [0.2, 0.25) is 0 Å². The van der Waals surface area contributed by atoms with Crippen molar-refractivity contribution in [2.75, 3.05) is 13.2 Å². The van der Waals surface area contributed by atoms with Crippen LogP contribution in [0.1, 0.15) is 32.6 Å². The van der Waals surface area contributed by atoms with Crippen LogP contribution < -0.4 is 5.32 Å². The molecule has 0 heterocycles. The van der Waals surface area contributed by atoms with Gasteiger partial charge in [-0.05, 0) is 26.2 Å². The molecule has 0 bridgehead atoms. The molecule has 0 amide bonds. The molecule has 2 unspecified atom stereocenters. The zero-order valence-corrected chi connectivity index (χ0v) is 11.0. The summed E-state index contributed by atoms with van der Waals surface area (Å²) in [4.78, 5) is 0. The molecular formula is C12H20BrNO. The van der Waals surface area contributed by atoms with Gasteiger partial charge in [0.1, 0.15) is 0 Å². The van der Waals surface area contributed by atoms with Gasteiger partial charge >= 0.3 is 0 Å². The van der Waals surface area contributed by atoms with E-state index in [1.165, 1.54) is 25.7 Å². The maximum absolute atomic E-state index is 5.80. The van der Waals surface area contributed by atoms with Crippen LogP contribution in [0.25, 0.3) is 0 Å². The maximum Gasteiger partial charge on any atom is 0.0661 e. The van der Waals surface area contributed by atoms with Crippen LogP contribution in [-0.2, 0) is 4.74 Å². The molecule has 1 N–H and O–H groups in total. The van der Waals surface area contributed by atoms with Crippen molar-refractivity contribution in [3.8, 4) is 0 Å². The predicted octanol–water partition coefficient (Wildman–Crippen LogP) is 2.83. The third kappa shape index (κ3) is 2.02. The summed E-state index contributed by atoms with van der Waals surface area (Å²) in [6.45, 7) is 7.68. The summed E-state index contributed by atoms with van der Waals surface area (Å²) in [6, 6.07) is 0.650. The Labute approximate surface area is 101 Å². The van der Waals surface area contributed by atoms with Crippen LogP contribution in [0.15, 0.2) is 11.1 Å². The number of halogens is 1. The molecule has 0 aromatic rings. The first kappa shape index (κ1) is 11.6. The summed E-state index contributed by atoms with van der Waals surface area (Å²) < 4.78 is 6.84. The Morgan fingerprint density at radius 1 is 1.60 bits per heavy atom. The van der Waals surface area contributed by atoms with E-state index in [-0.39, 0.29) is 0 Å². The van der Waals surface area contributed by atoms with Crippen LogP contribution >= 0.6 is 15.9 Å². The second-order valence-electron chi connectivity index (χ2n) is 4.72. The number of ether oxygens (including phenoxy) is 1. The molecule has 1 spiro atoms. The molecule has 2 nitrogen and oxygen atoms in total. The molecule has 2 saturated carbocycles. The van der Waals surface area contributed by atoms with Crippen molar-refractivity contribution >= 4 is 15.9 Å². The van der Waals surface area contributed by atoms with Crippen LogP contribution in [-0.4, -0.2) is 25.3 Å². The molecular weight excluding hydrogens is 254 g/mol. The van der Waals surface area contributed by atoms with E-state index in [0.717, 1.165) is 17.6 Å². The molecule has 2 rings (SSSR count). The topological polar surface area (TPSA) is 21.3 Å². The Morgan fingerprint density at radius 3 is 2.80 bits per heavy atom. The Hall–Kier alpha value is 0.140. The highest BCUT2D eigenvalue weighted by Gasteiger charge is 2.58. The number of nitrogens with one attached hydrogen (secondary N) is 1. The number of hydrogen-bond donors (Lipinski definition) is 1. The summed E-state index contributed by atoms with van der Waals surface area (Å²) in [7, 11) is 0. The summed E-state index contributed by atoms with van der Waals surface area (Å²) >= 11 is 3.39. The summed E-state index contributed by atoms with van der Waals surface area (Å²) in [6.07, 6.45) is 5.73. The van der Waals surface area contributed by atoms with Crippen molar-refractivity contribution in [1.82, 2.24) is 5.32 Å². The minimum Gasteiger partial charge on any atom is -0.378 e. The van der Waals surface area contributed by atoms with Crippen LogP contribution in [0.5, 0.6) is 0 Å². The van der Waals surface area contributed by atoms with E-state index in [9.17, 15) is 0 Å². The molecule has 3 heteroatoms. The van der Waals surface area contributed by atoms with E-state index in [0.29, 0.717) is 17.6 Å². The Morgan fingerprint density at radius 2 is 2.33 bits per heavy atom. The lowest BCUT2D eigenvalue weighted by Crippen LogP contribution is -2.66. The Balaban J connectivity index is 1.85. The van der Waals surface area contributed by atoms with Crippen LogP contribution in [0.3, 0.4) is 0 Å². The van der Waals surface area contributed by atoms with Crippen LogP contribution in [0.2, 0.25) is 0 Å². The smallest absolute Gasteiger partial charge is 0.0661 e. The molecule has 0 aromatic carbocycles. The van der Waals surface area contributed by atoms with Gasteiger partial charge in [-0.25, -0.2) is 0 Å². The fourth-order valence-electron chi connectivity index (χ4n) is 2.96. The highest BCUT2D eigenvalue weighted by atomic mass is 79.9. The molecule has 0 saturated heterocycles. The maximum atomic E-state index is 5.80. The summed E-state index contributed by atoms with van der Waals surface area (Å²) in [5.41, 5.74) is 0.471. The lowest BCUT2D eigenvalue weighted by Gasteiger charge is -2.61. The molecule has 0 aromatic heterocycles. The fourth-order valence-corrected chi connectivity index (χ4v) is 3.12. The van der Waals surface area contributed by atoms with Gasteiger partial charge in [0.25, 0.3) is 0 Å². The largest absolute Gasteiger partial charge is 0.378 e. The van der Waals surface area contributed by atoms with E-state index in [1.807, 2.05) is 0 Å². The summed E-state index contributed by atoms with van der Waals surface area (Å²) in [5, 5.41) is 3.57. The standard InChI is InChI=1S/C12H20BrNO/c1-3-15-11-7-10(14-8-9(2)13)12(11)5-4-6-12/h10-11,14H,2-8H2,1H3. The lowest BCUT2D eigenvalue weighted by atomic mass is 9.51. The first-order valence-electron chi connectivity index (χ1n) is 5.87. The third-order valence-electron chi connectivity index (χ3n) is 3.98. The van der Waals surface area contributed by atoms with Crippen molar-refractivity contribution in [2.45, 2.75) is 44.8 Å². The second kappa shape index (κ2) is 4.56. The summed E-state index contributed by atoms with van der Waals surface area (Å²) in [5.74, 6) is 0. The Kier molecular flexibility index (Phi) is 3.53. The quantitative estimate of drug-likeness (QED) is 0.832. The molecule has 0 aliphatic heterocycles. The molecule has 2 fully saturated rings. The van der Waals surface area contributed by atoms with Gasteiger partial charge < -0.3 is 10.1 Å². The SMILES string of the molecule is C=C(Br)CNC1CC(OCC)C12CCC2. The average Bonchev–Trinajstić information content (AvgIpc) is 2.06. The number of rotatable bonds is 5. The van der Waals surface area contributed by atoms with E-state index < -0.39 is 0 Å². The van der Waals surface area contributed by atoms with Gasteiger partial charge in [0.15, 0.2) is 0 Å². The van der Waals surface area contributed by atoms with Gasteiger partial charge in [-0.2, -0.15) is 0 Å². The predicted molar refractivity (Wildman–Crippen MR) is 66.2 cm³/mol. The van der Waals surface area contributed by atoms with Gasteiger partial charge in [-0.3, -0.25) is 0 Å². The highest BCUT2D eigenvalue weighted by Crippen LogP contribution is 2.57. The minimum atomic E-state index is 0.471. The highest BCUT2D eigenvalue weighted by molar-refractivity contribution is 9.11. The van der Waals surface area contributed by atoms with Gasteiger partial charge in [-0.15, -0.1) is 0 Å². The Bertz CT molecular complexity index is 250. The fraction of sp³-hybridized carbons (Fsp3) is 0.833. The van der Waals surface area contributed by atoms with Crippen molar-refractivity contribution in [2.24, 2.45) is 5.41 Å². The van der Waals surface area contributed by atoms with Gasteiger partial charge in [-0.1, -0.05) is 28.9 Å². The van der Waals surface area contributed by atoms with E-state index in [4.69, 9.17) is 4.74 Å². The molecule has 0 radical (unpaired) electrons. The van der Waals surface area contributed by atoms with Crippen molar-refractivity contribution in [3.05, 3.63) is 11.1 Å². The van der Waals surface area contributed by atoms with Crippen molar-refractivity contribution < 1.29 is 4.74 Å². The third-order valence-corrected chi connectivity index (χ3v) is 4.26. The van der Waals surface area contributed by atoms with E-state index in [2.05, 4.69) is 34.7 Å². The van der Waals surface area contributed by atoms with E-state index >= 15 is 0 Å². The number of hydrogen-bond acceptors (Lipinski definition) is 2. The molecule has 86 valence electrons. The monoisotopic (exact) mass is 273 g/mol. The zero-order chi connectivity index (χ0) is 10.9. The van der Waals surface area contributed by atoms with Gasteiger partial charge in [0.05, 0.1) is 6.10 Å². The molecule has 15 heavy (non-hydrogen) atoms. The lowest BCUT2D eigenvalue weighted by molar-refractivity contribution is -0.172. The minimum absolute atomic E-state index is 0.471. The molecule has 2 aliphatic carbocycles. The first-order chi connectivity index (χ1) is 7.19. The van der Waals surface area contributed by atoms with Gasteiger partial charge in [0, 0.05) is 29.1 Å². The van der Waals surface area contributed by atoms with Crippen molar-refractivity contribution in [1.29, 1.82) is 0 Å².